The Morgan fingerprint density at radius 2 is 1.96 bits per heavy atom. The minimum Gasteiger partial charge on any atom is -0.350 e. The number of nitrogens with zero attached hydrogens (tertiary/aromatic N) is 4. The van der Waals surface area contributed by atoms with Crippen molar-refractivity contribution in [2.24, 2.45) is 5.92 Å². The van der Waals surface area contributed by atoms with E-state index in [1.54, 1.807) is 0 Å². The second-order valence-electron chi connectivity index (χ2n) is 8.97. The van der Waals surface area contributed by atoms with Gasteiger partial charge in [0.25, 0.3) is 5.91 Å². The van der Waals surface area contributed by atoms with Crippen LogP contribution in [-0.4, -0.2) is 52.5 Å². The summed E-state index contributed by atoms with van der Waals surface area (Å²) in [5, 5.41) is 11.6. The number of hydrogen-bond acceptors (Lipinski definition) is 4. The van der Waals surface area contributed by atoms with Crippen LogP contribution in [0, 0.1) is 5.92 Å². The predicted octanol–water partition coefficient (Wildman–Crippen LogP) is 3.20. The molecule has 1 aromatic carbocycles. The van der Waals surface area contributed by atoms with Crippen LogP contribution in [0.5, 0.6) is 0 Å². The summed E-state index contributed by atoms with van der Waals surface area (Å²) in [5.74, 6) is 0.402. The topological polar surface area (TPSA) is 63.1 Å². The summed E-state index contributed by atoms with van der Waals surface area (Å²) in [6, 6.07) is 8.38. The van der Waals surface area contributed by atoms with Crippen LogP contribution in [-0.2, 0) is 11.8 Å². The number of amides is 1. The SMILES string of the molecule is CCCc1c(C(=O)NCC2CCN(C)C2)nnn1-c1ccc(C(C)(C)C)cc1. The van der Waals surface area contributed by atoms with Gasteiger partial charge in [-0.05, 0) is 55.5 Å². The summed E-state index contributed by atoms with van der Waals surface area (Å²) >= 11 is 0. The Morgan fingerprint density at radius 1 is 1.25 bits per heavy atom. The average molecular weight is 384 g/mol. The van der Waals surface area contributed by atoms with Gasteiger partial charge in [0.15, 0.2) is 5.69 Å². The highest BCUT2D eigenvalue weighted by Crippen LogP contribution is 2.24. The van der Waals surface area contributed by atoms with Gasteiger partial charge in [-0.3, -0.25) is 4.79 Å². The van der Waals surface area contributed by atoms with Crippen molar-refractivity contribution < 1.29 is 4.79 Å². The number of rotatable bonds is 6. The molecule has 1 atom stereocenters. The number of hydrogen-bond donors (Lipinski definition) is 1. The lowest BCUT2D eigenvalue weighted by atomic mass is 9.87. The molecule has 6 heteroatoms. The average Bonchev–Trinajstić information content (AvgIpc) is 3.26. The van der Waals surface area contributed by atoms with E-state index in [9.17, 15) is 4.79 Å². The Labute approximate surface area is 168 Å². The Kier molecular flexibility index (Phi) is 6.18. The number of nitrogens with one attached hydrogen (secondary N) is 1. The van der Waals surface area contributed by atoms with E-state index in [1.165, 1.54) is 5.56 Å². The first-order valence-electron chi connectivity index (χ1n) is 10.3. The summed E-state index contributed by atoms with van der Waals surface area (Å²) in [6.45, 7) is 11.5. The van der Waals surface area contributed by atoms with Gasteiger partial charge in [-0.25, -0.2) is 4.68 Å². The van der Waals surface area contributed by atoms with Crippen molar-refractivity contribution in [1.29, 1.82) is 0 Å². The molecule has 1 amide bonds. The minimum atomic E-state index is -0.115. The fraction of sp³-hybridized carbons (Fsp3) is 0.591. The summed E-state index contributed by atoms with van der Waals surface area (Å²) in [5.41, 5.74) is 3.65. The van der Waals surface area contributed by atoms with Crippen LogP contribution in [0.4, 0.5) is 0 Å². The van der Waals surface area contributed by atoms with Crippen molar-refractivity contribution in [3.63, 3.8) is 0 Å². The zero-order chi connectivity index (χ0) is 20.3. The number of benzene rings is 1. The second-order valence-corrected chi connectivity index (χ2v) is 8.97. The molecule has 0 radical (unpaired) electrons. The quantitative estimate of drug-likeness (QED) is 0.832. The molecule has 0 bridgehead atoms. The molecule has 0 spiro atoms. The summed E-state index contributed by atoms with van der Waals surface area (Å²) in [4.78, 5) is 15.1. The fourth-order valence-electron chi connectivity index (χ4n) is 3.76. The molecular weight excluding hydrogens is 350 g/mol. The molecule has 1 aliphatic heterocycles. The van der Waals surface area contributed by atoms with Crippen LogP contribution in [0.2, 0.25) is 0 Å². The molecule has 0 aliphatic carbocycles. The molecule has 3 rings (SSSR count). The number of carbonyl (C=O) groups excluding carboxylic acids is 1. The van der Waals surface area contributed by atoms with Crippen LogP contribution >= 0.6 is 0 Å². The van der Waals surface area contributed by atoms with E-state index < -0.39 is 0 Å². The maximum atomic E-state index is 12.8. The number of likely N-dealkylation sites (tertiary alicyclic amines) is 1. The molecule has 0 saturated carbocycles. The van der Waals surface area contributed by atoms with Crippen LogP contribution in [0.3, 0.4) is 0 Å². The summed E-state index contributed by atoms with van der Waals surface area (Å²) < 4.78 is 1.81. The minimum absolute atomic E-state index is 0.104. The third kappa shape index (κ3) is 4.61. The molecule has 6 nitrogen and oxygen atoms in total. The third-order valence-electron chi connectivity index (χ3n) is 5.48. The van der Waals surface area contributed by atoms with Gasteiger partial charge in [-0.2, -0.15) is 0 Å². The van der Waals surface area contributed by atoms with Gasteiger partial charge >= 0.3 is 0 Å². The number of aromatic nitrogens is 3. The molecule has 1 fully saturated rings. The molecule has 1 saturated heterocycles. The van der Waals surface area contributed by atoms with Crippen molar-refractivity contribution in [3.8, 4) is 5.69 Å². The zero-order valence-electron chi connectivity index (χ0n) is 17.8. The van der Waals surface area contributed by atoms with Gasteiger partial charge < -0.3 is 10.2 Å². The first-order valence-corrected chi connectivity index (χ1v) is 10.3. The Bertz CT molecular complexity index is 803. The van der Waals surface area contributed by atoms with Gasteiger partial charge in [0.05, 0.1) is 11.4 Å². The highest BCUT2D eigenvalue weighted by molar-refractivity contribution is 5.93. The lowest BCUT2D eigenvalue weighted by Crippen LogP contribution is -2.31. The van der Waals surface area contributed by atoms with Crippen LogP contribution in [0.15, 0.2) is 24.3 Å². The molecule has 2 heterocycles. The Balaban J connectivity index is 1.78. The Hall–Kier alpha value is -2.21. The van der Waals surface area contributed by atoms with Crippen molar-refractivity contribution in [1.82, 2.24) is 25.2 Å². The van der Waals surface area contributed by atoms with E-state index in [0.29, 0.717) is 18.2 Å². The molecule has 152 valence electrons. The largest absolute Gasteiger partial charge is 0.350 e. The van der Waals surface area contributed by atoms with Gasteiger partial charge in [-0.15, -0.1) is 5.10 Å². The first kappa shape index (κ1) is 20.5. The van der Waals surface area contributed by atoms with E-state index in [-0.39, 0.29) is 11.3 Å². The van der Waals surface area contributed by atoms with E-state index in [4.69, 9.17) is 0 Å². The van der Waals surface area contributed by atoms with Gasteiger partial charge in [0, 0.05) is 13.1 Å². The van der Waals surface area contributed by atoms with Crippen LogP contribution in [0.1, 0.15) is 62.3 Å². The van der Waals surface area contributed by atoms with Gasteiger partial charge in [-0.1, -0.05) is 51.5 Å². The van der Waals surface area contributed by atoms with E-state index in [0.717, 1.165) is 43.7 Å². The lowest BCUT2D eigenvalue weighted by Gasteiger charge is -2.19. The smallest absolute Gasteiger partial charge is 0.273 e. The van der Waals surface area contributed by atoms with Crippen molar-refractivity contribution in [3.05, 3.63) is 41.2 Å². The summed E-state index contributed by atoms with van der Waals surface area (Å²) in [6.07, 6.45) is 2.83. The molecule has 1 aromatic heterocycles. The molecule has 1 aliphatic rings. The standard InChI is InChI=1S/C22H33N5O/c1-6-7-19-20(21(28)23-14-16-12-13-26(5)15-16)24-25-27(19)18-10-8-17(9-11-18)22(2,3)4/h8-11,16H,6-7,12-15H2,1-5H3,(H,23,28). The number of carbonyl (C=O) groups is 1. The second kappa shape index (κ2) is 8.43. The molecule has 1 N–H and O–H groups in total. The zero-order valence-corrected chi connectivity index (χ0v) is 17.8. The normalized spacial score (nSPS) is 17.8. The maximum absolute atomic E-state index is 12.8. The van der Waals surface area contributed by atoms with E-state index in [1.807, 2.05) is 4.68 Å². The monoisotopic (exact) mass is 383 g/mol. The Morgan fingerprint density at radius 3 is 2.54 bits per heavy atom. The first-order chi connectivity index (χ1) is 13.3. The van der Waals surface area contributed by atoms with Crippen LogP contribution in [0.25, 0.3) is 5.69 Å². The highest BCUT2D eigenvalue weighted by atomic mass is 16.2. The van der Waals surface area contributed by atoms with Gasteiger partial charge in [0.1, 0.15) is 0 Å². The molecular formula is C22H33N5O. The lowest BCUT2D eigenvalue weighted by molar-refractivity contribution is 0.0941. The van der Waals surface area contributed by atoms with Crippen molar-refractivity contribution >= 4 is 5.91 Å². The molecule has 28 heavy (non-hydrogen) atoms. The van der Waals surface area contributed by atoms with Crippen molar-refractivity contribution in [2.75, 3.05) is 26.7 Å². The maximum Gasteiger partial charge on any atom is 0.273 e. The van der Waals surface area contributed by atoms with Crippen molar-refractivity contribution in [2.45, 2.75) is 52.4 Å². The van der Waals surface area contributed by atoms with Crippen LogP contribution < -0.4 is 5.32 Å². The van der Waals surface area contributed by atoms with E-state index in [2.05, 4.69) is 79.5 Å². The predicted molar refractivity (Wildman–Crippen MR) is 112 cm³/mol. The van der Waals surface area contributed by atoms with Gasteiger partial charge in [0.2, 0.25) is 0 Å². The molecule has 2 aromatic rings. The summed E-state index contributed by atoms with van der Waals surface area (Å²) in [7, 11) is 2.12. The molecule has 1 unspecified atom stereocenters. The van der Waals surface area contributed by atoms with E-state index >= 15 is 0 Å². The highest BCUT2D eigenvalue weighted by Gasteiger charge is 2.23. The fourth-order valence-corrected chi connectivity index (χ4v) is 3.76. The third-order valence-corrected chi connectivity index (χ3v) is 5.48.